The Balaban J connectivity index is 1.35. The molecule has 31 heavy (non-hydrogen) atoms. The molecular weight excluding hydrogens is 392 g/mol. The highest BCUT2D eigenvalue weighted by Gasteiger charge is 2.35. The zero-order valence-electron chi connectivity index (χ0n) is 18.3. The Morgan fingerprint density at radius 3 is 2.77 bits per heavy atom. The zero-order valence-corrected chi connectivity index (χ0v) is 18.3. The Bertz CT molecular complexity index is 1120. The average molecular weight is 421 g/mol. The van der Waals surface area contributed by atoms with Crippen LogP contribution in [0.3, 0.4) is 0 Å². The van der Waals surface area contributed by atoms with Crippen molar-refractivity contribution in [3.63, 3.8) is 0 Å². The third-order valence-corrected chi connectivity index (χ3v) is 6.61. The maximum absolute atomic E-state index is 13.3. The number of fused-ring (bicyclic) bond motifs is 4. The van der Waals surface area contributed by atoms with Crippen molar-refractivity contribution in [3.05, 3.63) is 69.4 Å². The number of aryl methyl sites for hydroxylation is 2. The molecule has 0 amide bonds. The lowest BCUT2D eigenvalue weighted by Crippen LogP contribution is -2.48. The fourth-order valence-corrected chi connectivity index (χ4v) is 5.10. The van der Waals surface area contributed by atoms with Crippen LogP contribution >= 0.6 is 0 Å². The van der Waals surface area contributed by atoms with E-state index in [0.717, 1.165) is 60.1 Å². The molecule has 5 rings (SSSR count). The molecule has 1 saturated heterocycles. The Labute approximate surface area is 181 Å². The van der Waals surface area contributed by atoms with Crippen molar-refractivity contribution in [1.82, 2.24) is 24.6 Å². The highest BCUT2D eigenvalue weighted by Crippen LogP contribution is 2.36. The van der Waals surface area contributed by atoms with Gasteiger partial charge in [0.05, 0.1) is 11.9 Å². The minimum Gasteiger partial charge on any atom is -0.361 e. The van der Waals surface area contributed by atoms with Crippen LogP contribution in [0.15, 0.2) is 40.0 Å². The van der Waals surface area contributed by atoms with Gasteiger partial charge in [-0.2, -0.15) is 0 Å². The van der Waals surface area contributed by atoms with Gasteiger partial charge in [-0.1, -0.05) is 11.2 Å². The van der Waals surface area contributed by atoms with E-state index in [9.17, 15) is 4.79 Å². The van der Waals surface area contributed by atoms with E-state index in [4.69, 9.17) is 4.52 Å². The van der Waals surface area contributed by atoms with E-state index in [1.54, 1.807) is 12.4 Å². The molecule has 0 N–H and O–H groups in total. The second kappa shape index (κ2) is 7.92. The summed E-state index contributed by atoms with van der Waals surface area (Å²) in [5.74, 6) is 2.55. The topological polar surface area (TPSA) is 80.3 Å². The van der Waals surface area contributed by atoms with Gasteiger partial charge in [0.15, 0.2) is 0 Å². The third kappa shape index (κ3) is 3.76. The molecule has 2 bridgehead atoms. The van der Waals surface area contributed by atoms with Crippen LogP contribution in [-0.4, -0.2) is 44.7 Å². The number of hydrogen-bond acceptors (Lipinski definition) is 7. The second-order valence-electron chi connectivity index (χ2n) is 8.94. The van der Waals surface area contributed by atoms with Crippen LogP contribution in [-0.2, 0) is 19.6 Å². The lowest BCUT2D eigenvalue weighted by molar-refractivity contribution is 0.275. The van der Waals surface area contributed by atoms with Crippen LogP contribution in [0.4, 0.5) is 5.82 Å². The van der Waals surface area contributed by atoms with Gasteiger partial charge in [-0.25, -0.2) is 4.98 Å². The molecule has 0 aromatic carbocycles. The molecule has 5 heterocycles. The zero-order chi connectivity index (χ0) is 21.5. The lowest BCUT2D eigenvalue weighted by atomic mass is 9.83. The van der Waals surface area contributed by atoms with Crippen molar-refractivity contribution >= 4 is 5.82 Å². The summed E-state index contributed by atoms with van der Waals surface area (Å²) in [4.78, 5) is 26.5. The first-order valence-electron chi connectivity index (χ1n) is 10.8. The number of anilines is 1. The molecular formula is C23H28N6O2. The highest BCUT2D eigenvalue weighted by atomic mass is 16.5. The van der Waals surface area contributed by atoms with E-state index in [1.165, 1.54) is 0 Å². The van der Waals surface area contributed by atoms with Gasteiger partial charge < -0.3 is 14.0 Å². The van der Waals surface area contributed by atoms with Gasteiger partial charge in [0.2, 0.25) is 0 Å². The molecule has 8 heteroatoms. The van der Waals surface area contributed by atoms with Crippen molar-refractivity contribution in [2.75, 3.05) is 25.0 Å². The second-order valence-corrected chi connectivity index (χ2v) is 8.94. The Kier molecular flexibility index (Phi) is 5.09. The summed E-state index contributed by atoms with van der Waals surface area (Å²) in [6, 6.07) is 4.17. The maximum atomic E-state index is 13.3. The SMILES string of the molecule is Cc1noc(C)c1CN(C)Cc1ccc2n(c1=O)C[C@H]1C[C@@H]2CN(c2cnccn2)C1. The summed E-state index contributed by atoms with van der Waals surface area (Å²) in [6.45, 7) is 7.75. The van der Waals surface area contributed by atoms with Gasteiger partial charge in [0.25, 0.3) is 5.56 Å². The summed E-state index contributed by atoms with van der Waals surface area (Å²) in [5, 5.41) is 4.03. The molecule has 0 radical (unpaired) electrons. The average Bonchev–Trinajstić information content (AvgIpc) is 3.08. The molecule has 0 aliphatic carbocycles. The monoisotopic (exact) mass is 420 g/mol. The van der Waals surface area contributed by atoms with E-state index in [0.29, 0.717) is 24.9 Å². The summed E-state index contributed by atoms with van der Waals surface area (Å²) < 4.78 is 7.29. The smallest absolute Gasteiger partial charge is 0.255 e. The van der Waals surface area contributed by atoms with E-state index >= 15 is 0 Å². The Morgan fingerprint density at radius 2 is 2.03 bits per heavy atom. The van der Waals surface area contributed by atoms with Crippen LogP contribution in [0.5, 0.6) is 0 Å². The highest BCUT2D eigenvalue weighted by molar-refractivity contribution is 5.38. The van der Waals surface area contributed by atoms with E-state index in [-0.39, 0.29) is 5.56 Å². The molecule has 3 aromatic rings. The molecule has 162 valence electrons. The van der Waals surface area contributed by atoms with Crippen LogP contribution in [0.25, 0.3) is 0 Å². The summed E-state index contributed by atoms with van der Waals surface area (Å²) in [7, 11) is 2.03. The quantitative estimate of drug-likeness (QED) is 0.627. The van der Waals surface area contributed by atoms with Crippen molar-refractivity contribution in [2.45, 2.75) is 45.8 Å². The normalized spacial score (nSPS) is 20.2. The van der Waals surface area contributed by atoms with Crippen molar-refractivity contribution in [2.24, 2.45) is 5.92 Å². The number of pyridine rings is 1. The van der Waals surface area contributed by atoms with Gasteiger partial charge >= 0.3 is 0 Å². The van der Waals surface area contributed by atoms with E-state index in [2.05, 4.69) is 31.0 Å². The predicted octanol–water partition coefficient (Wildman–Crippen LogP) is 2.50. The standard InChI is InChI=1S/C23H28N6O2/c1-15-20(16(2)31-26-15)14-27(3)12-18-4-5-21-19-8-17(11-29(21)23(18)30)10-28(13-19)22-9-24-6-7-25-22/h4-7,9,17,19H,8,10-14H2,1-3H3/t17-,19+/m0/s1. The van der Waals surface area contributed by atoms with Crippen LogP contribution < -0.4 is 10.5 Å². The van der Waals surface area contributed by atoms with Crippen LogP contribution in [0.2, 0.25) is 0 Å². The molecule has 8 nitrogen and oxygen atoms in total. The van der Waals surface area contributed by atoms with Crippen molar-refractivity contribution in [1.29, 1.82) is 0 Å². The Morgan fingerprint density at radius 1 is 1.16 bits per heavy atom. The van der Waals surface area contributed by atoms with Gasteiger partial charge in [-0.15, -0.1) is 0 Å². The van der Waals surface area contributed by atoms with Crippen molar-refractivity contribution < 1.29 is 4.52 Å². The Hall–Kier alpha value is -3.00. The van der Waals surface area contributed by atoms with Gasteiger partial charge in [-0.05, 0) is 39.3 Å². The number of piperidine rings is 1. The first-order chi connectivity index (χ1) is 15.0. The van der Waals surface area contributed by atoms with Crippen LogP contribution in [0.1, 0.15) is 40.6 Å². The molecule has 0 spiro atoms. The number of aromatic nitrogens is 4. The summed E-state index contributed by atoms with van der Waals surface area (Å²) in [5.41, 5.74) is 4.13. The number of hydrogen-bond donors (Lipinski definition) is 0. The molecule has 0 saturated carbocycles. The van der Waals surface area contributed by atoms with Gasteiger partial charge in [-0.3, -0.25) is 14.7 Å². The minimum atomic E-state index is 0.144. The molecule has 2 atom stereocenters. The fraction of sp³-hybridized carbons (Fsp3) is 0.478. The predicted molar refractivity (Wildman–Crippen MR) is 117 cm³/mol. The maximum Gasteiger partial charge on any atom is 0.255 e. The number of rotatable bonds is 5. The van der Waals surface area contributed by atoms with E-state index in [1.807, 2.05) is 37.7 Å². The largest absolute Gasteiger partial charge is 0.361 e. The summed E-state index contributed by atoms with van der Waals surface area (Å²) in [6.07, 6.45) is 6.39. The van der Waals surface area contributed by atoms with Crippen LogP contribution in [0, 0.1) is 19.8 Å². The van der Waals surface area contributed by atoms with Gasteiger partial charge in [0.1, 0.15) is 11.6 Å². The van der Waals surface area contributed by atoms with Crippen molar-refractivity contribution in [3.8, 4) is 0 Å². The fourth-order valence-electron chi connectivity index (χ4n) is 5.10. The number of nitrogens with zero attached hydrogens (tertiary/aromatic N) is 6. The first-order valence-corrected chi connectivity index (χ1v) is 10.8. The molecule has 3 aromatic heterocycles. The summed E-state index contributed by atoms with van der Waals surface area (Å²) >= 11 is 0. The van der Waals surface area contributed by atoms with Gasteiger partial charge in [0, 0.05) is 67.9 Å². The lowest BCUT2D eigenvalue weighted by Gasteiger charge is -2.43. The minimum absolute atomic E-state index is 0.144. The molecule has 2 aliphatic heterocycles. The third-order valence-electron chi connectivity index (χ3n) is 6.61. The molecule has 2 aliphatic rings. The first kappa shape index (κ1) is 19.9. The van der Waals surface area contributed by atoms with E-state index < -0.39 is 0 Å². The molecule has 1 fully saturated rings. The molecule has 0 unspecified atom stereocenters.